The highest BCUT2D eigenvalue weighted by atomic mass is 16.3. The average Bonchev–Trinajstić information content (AvgIpc) is 3.11. The van der Waals surface area contributed by atoms with E-state index < -0.39 is 0 Å². The van der Waals surface area contributed by atoms with Gasteiger partial charge in [0, 0.05) is 12.1 Å². The van der Waals surface area contributed by atoms with Gasteiger partial charge in [-0.15, -0.1) is 0 Å². The van der Waals surface area contributed by atoms with Gasteiger partial charge in [0.2, 0.25) is 0 Å². The van der Waals surface area contributed by atoms with E-state index in [2.05, 4.69) is 5.32 Å². The van der Waals surface area contributed by atoms with Crippen molar-refractivity contribution in [1.29, 1.82) is 0 Å². The third-order valence-corrected chi connectivity index (χ3v) is 3.86. The molecule has 102 valence electrons. The van der Waals surface area contributed by atoms with Crippen molar-refractivity contribution in [2.24, 2.45) is 5.73 Å². The minimum absolute atomic E-state index is 0.0563. The molecule has 0 unspecified atom stereocenters. The fourth-order valence-corrected chi connectivity index (χ4v) is 2.80. The first-order valence-electron chi connectivity index (χ1n) is 6.93. The Hall–Kier alpha value is -1.52. The lowest BCUT2D eigenvalue weighted by Crippen LogP contribution is -2.48. The molecule has 1 aliphatic rings. The first-order valence-corrected chi connectivity index (χ1v) is 6.93. The molecule has 0 spiro atoms. The number of nitrogens with two attached hydrogens (primary N) is 1. The third-order valence-electron chi connectivity index (χ3n) is 3.86. The van der Waals surface area contributed by atoms with Crippen molar-refractivity contribution >= 4 is 0 Å². The van der Waals surface area contributed by atoms with Crippen LogP contribution in [0.3, 0.4) is 0 Å². The van der Waals surface area contributed by atoms with E-state index >= 15 is 0 Å². The molecule has 2 atom stereocenters. The van der Waals surface area contributed by atoms with Gasteiger partial charge >= 0.3 is 0 Å². The second-order valence-electron chi connectivity index (χ2n) is 5.19. The molecule has 0 bridgehead atoms. The van der Waals surface area contributed by atoms with E-state index in [0.717, 1.165) is 24.4 Å². The van der Waals surface area contributed by atoms with Gasteiger partial charge < -0.3 is 14.6 Å². The number of hydrogen-bond donors (Lipinski definition) is 2. The van der Waals surface area contributed by atoms with Crippen molar-refractivity contribution in [3.8, 4) is 0 Å². The Balaban J connectivity index is 1.80. The van der Waals surface area contributed by atoms with Crippen LogP contribution in [-0.4, -0.2) is 12.1 Å². The van der Waals surface area contributed by atoms with E-state index in [-0.39, 0.29) is 12.1 Å². The Bertz CT molecular complexity index is 444. The summed E-state index contributed by atoms with van der Waals surface area (Å²) in [7, 11) is 0. The van der Waals surface area contributed by atoms with Crippen molar-refractivity contribution in [3.63, 3.8) is 0 Å². The highest BCUT2D eigenvalue weighted by Gasteiger charge is 2.28. The van der Waals surface area contributed by atoms with E-state index in [4.69, 9.17) is 14.6 Å². The Labute approximate surface area is 113 Å². The van der Waals surface area contributed by atoms with Crippen LogP contribution in [0.4, 0.5) is 0 Å². The van der Waals surface area contributed by atoms with Crippen molar-refractivity contribution < 1.29 is 8.83 Å². The summed E-state index contributed by atoms with van der Waals surface area (Å²) in [6, 6.07) is 8.19. The van der Waals surface area contributed by atoms with Crippen molar-refractivity contribution in [1.82, 2.24) is 5.32 Å². The van der Waals surface area contributed by atoms with Crippen molar-refractivity contribution in [2.75, 3.05) is 0 Å². The first kappa shape index (κ1) is 12.5. The smallest absolute Gasteiger partial charge is 0.128 e. The van der Waals surface area contributed by atoms with Crippen LogP contribution >= 0.6 is 0 Å². The van der Waals surface area contributed by atoms with E-state index in [1.54, 1.807) is 12.5 Å². The molecule has 2 heterocycles. The van der Waals surface area contributed by atoms with Crippen LogP contribution in [-0.2, 0) is 0 Å². The molecule has 0 aromatic carbocycles. The molecule has 2 aromatic rings. The van der Waals surface area contributed by atoms with Crippen molar-refractivity contribution in [3.05, 3.63) is 48.3 Å². The summed E-state index contributed by atoms with van der Waals surface area (Å²) < 4.78 is 11.1. The molecule has 1 fully saturated rings. The minimum atomic E-state index is -0.0563. The highest BCUT2D eigenvalue weighted by molar-refractivity contribution is 5.18. The lowest BCUT2D eigenvalue weighted by Gasteiger charge is -2.32. The van der Waals surface area contributed by atoms with Gasteiger partial charge in [-0.1, -0.05) is 12.8 Å². The summed E-state index contributed by atoms with van der Waals surface area (Å²) in [5, 5.41) is 3.60. The SMILES string of the molecule is N[C@@H]1CCCC[C@H]1NC(c1ccco1)c1ccco1. The molecule has 3 N–H and O–H groups in total. The molecule has 4 nitrogen and oxygen atoms in total. The zero-order chi connectivity index (χ0) is 13.1. The van der Waals surface area contributed by atoms with E-state index in [9.17, 15) is 0 Å². The minimum Gasteiger partial charge on any atom is -0.467 e. The topological polar surface area (TPSA) is 64.3 Å². The molecule has 4 heteroatoms. The van der Waals surface area contributed by atoms with Gasteiger partial charge in [-0.2, -0.15) is 0 Å². The molecule has 0 amide bonds. The summed E-state index contributed by atoms with van der Waals surface area (Å²) >= 11 is 0. The van der Waals surface area contributed by atoms with Gasteiger partial charge in [0.1, 0.15) is 17.6 Å². The molecular formula is C15H20N2O2. The fourth-order valence-electron chi connectivity index (χ4n) is 2.80. The Morgan fingerprint density at radius 3 is 2.21 bits per heavy atom. The van der Waals surface area contributed by atoms with Gasteiger partial charge in [0.15, 0.2) is 0 Å². The van der Waals surface area contributed by atoms with Gasteiger partial charge in [-0.25, -0.2) is 0 Å². The monoisotopic (exact) mass is 260 g/mol. The summed E-state index contributed by atoms with van der Waals surface area (Å²) in [6.07, 6.45) is 8.03. The largest absolute Gasteiger partial charge is 0.467 e. The Morgan fingerprint density at radius 1 is 1.05 bits per heavy atom. The van der Waals surface area contributed by atoms with Crippen LogP contribution in [0.1, 0.15) is 43.2 Å². The Morgan fingerprint density at radius 2 is 1.68 bits per heavy atom. The molecule has 2 aromatic heterocycles. The van der Waals surface area contributed by atoms with Crippen LogP contribution in [0.2, 0.25) is 0 Å². The standard InChI is InChI=1S/C15H20N2O2/c16-11-5-1-2-6-12(11)17-15(13-7-3-9-18-13)14-8-4-10-19-14/h3-4,7-12,15,17H,1-2,5-6,16H2/t11-,12-/m1/s1. The van der Waals surface area contributed by atoms with Gasteiger partial charge in [0.25, 0.3) is 0 Å². The maximum absolute atomic E-state index is 6.21. The van der Waals surface area contributed by atoms with Crippen molar-refractivity contribution in [2.45, 2.75) is 43.8 Å². The molecular weight excluding hydrogens is 240 g/mol. The number of furan rings is 2. The van der Waals surface area contributed by atoms with Crippen LogP contribution in [0, 0.1) is 0 Å². The zero-order valence-corrected chi connectivity index (χ0v) is 10.9. The predicted octanol–water partition coefficient (Wildman–Crippen LogP) is 2.82. The summed E-state index contributed by atoms with van der Waals surface area (Å²) in [5.41, 5.74) is 6.21. The maximum Gasteiger partial charge on any atom is 0.128 e. The second-order valence-corrected chi connectivity index (χ2v) is 5.19. The van der Waals surface area contributed by atoms with Crippen LogP contribution in [0.5, 0.6) is 0 Å². The second kappa shape index (κ2) is 5.63. The first-order chi connectivity index (χ1) is 9.34. The summed E-state index contributed by atoms with van der Waals surface area (Å²) in [5.74, 6) is 1.74. The molecule has 19 heavy (non-hydrogen) atoms. The van der Waals surface area contributed by atoms with Crippen LogP contribution in [0.25, 0.3) is 0 Å². The van der Waals surface area contributed by atoms with Gasteiger partial charge in [-0.05, 0) is 37.1 Å². The average molecular weight is 260 g/mol. The molecule has 1 saturated carbocycles. The lowest BCUT2D eigenvalue weighted by atomic mass is 9.90. The number of nitrogens with one attached hydrogen (secondary N) is 1. The molecule has 0 saturated heterocycles. The summed E-state index contributed by atoms with van der Waals surface area (Å²) in [4.78, 5) is 0. The van der Waals surface area contributed by atoms with Gasteiger partial charge in [0.05, 0.1) is 12.5 Å². The summed E-state index contributed by atoms with van der Waals surface area (Å²) in [6.45, 7) is 0. The molecule has 3 rings (SSSR count). The number of rotatable bonds is 4. The highest BCUT2D eigenvalue weighted by Crippen LogP contribution is 2.26. The van der Waals surface area contributed by atoms with E-state index in [1.807, 2.05) is 24.3 Å². The zero-order valence-electron chi connectivity index (χ0n) is 10.9. The van der Waals surface area contributed by atoms with Gasteiger partial charge in [-0.3, -0.25) is 5.32 Å². The quantitative estimate of drug-likeness (QED) is 0.887. The maximum atomic E-state index is 6.21. The van der Waals surface area contributed by atoms with E-state index in [1.165, 1.54) is 12.8 Å². The lowest BCUT2D eigenvalue weighted by molar-refractivity contribution is 0.282. The fraction of sp³-hybridized carbons (Fsp3) is 0.467. The molecule has 1 aliphatic carbocycles. The van der Waals surface area contributed by atoms with Crippen LogP contribution < -0.4 is 11.1 Å². The van der Waals surface area contributed by atoms with E-state index in [0.29, 0.717) is 6.04 Å². The Kier molecular flexibility index (Phi) is 3.71. The normalized spacial score (nSPS) is 23.9. The molecule has 0 radical (unpaired) electrons. The number of hydrogen-bond acceptors (Lipinski definition) is 4. The predicted molar refractivity (Wildman–Crippen MR) is 72.6 cm³/mol. The third kappa shape index (κ3) is 2.74. The van der Waals surface area contributed by atoms with Crippen LogP contribution in [0.15, 0.2) is 45.6 Å². The molecule has 0 aliphatic heterocycles.